The van der Waals surface area contributed by atoms with Crippen molar-refractivity contribution in [1.29, 1.82) is 0 Å². The molecule has 0 aliphatic heterocycles. The van der Waals surface area contributed by atoms with E-state index >= 15 is 0 Å². The Balaban J connectivity index is 0.000000808. The minimum absolute atomic E-state index is 0.892. The fourth-order valence-corrected chi connectivity index (χ4v) is 24.1. The molecule has 0 aromatic rings. The van der Waals surface area contributed by atoms with Gasteiger partial charge in [-0.2, -0.15) is 0 Å². The Morgan fingerprint density at radius 2 is 0.312 bits per heavy atom. The van der Waals surface area contributed by atoms with Gasteiger partial charge in [-0.25, -0.2) is 0 Å². The van der Waals surface area contributed by atoms with Crippen LogP contribution in [0.2, 0.25) is 0 Å². The van der Waals surface area contributed by atoms with Crippen LogP contribution in [-0.4, -0.2) is 0 Å². The second kappa shape index (κ2) is 106. The molecule has 8 aliphatic carbocycles. The molecule has 0 spiro atoms. The van der Waals surface area contributed by atoms with E-state index in [0.29, 0.717) is 0 Å². The third-order valence-electron chi connectivity index (χ3n) is 34.0. The highest BCUT2D eigenvalue weighted by atomic mass is 14.3. The fourth-order valence-electron chi connectivity index (χ4n) is 24.1. The molecule has 8 rings (SSSR count). The first-order chi connectivity index (χ1) is 69.4. The Hall–Kier alpha value is -4.16. The van der Waals surface area contributed by atoms with Crippen molar-refractivity contribution in [3.63, 3.8) is 0 Å². The highest BCUT2D eigenvalue weighted by Crippen LogP contribution is 2.42. The summed E-state index contributed by atoms with van der Waals surface area (Å²) in [5.41, 5.74) is 0. The smallest absolute Gasteiger partial charge is 0.0233 e. The van der Waals surface area contributed by atoms with E-state index in [4.69, 9.17) is 0 Å². The Morgan fingerprint density at radius 1 is 0.149 bits per heavy atom. The molecule has 0 saturated heterocycles. The third-order valence-corrected chi connectivity index (χ3v) is 34.0. The molecule has 0 nitrogen and oxygen atoms in total. The Labute approximate surface area is 888 Å². The van der Waals surface area contributed by atoms with Crippen LogP contribution in [0, 0.1) is 94.7 Å². The average molecular weight is 1950 g/mol. The van der Waals surface area contributed by atoms with Crippen molar-refractivity contribution in [2.45, 2.75) is 605 Å². The van der Waals surface area contributed by atoms with Crippen LogP contribution in [0.1, 0.15) is 605 Å². The van der Waals surface area contributed by atoms with E-state index in [1.807, 2.05) is 0 Å². The van der Waals surface area contributed by atoms with E-state index < -0.39 is 0 Å². The monoisotopic (exact) mass is 1940 g/mol. The van der Waals surface area contributed by atoms with Gasteiger partial charge in [0, 0.05) is 0 Å². The van der Waals surface area contributed by atoms with E-state index in [0.717, 1.165) is 94.7 Å². The summed E-state index contributed by atoms with van der Waals surface area (Å²) in [5.74, 6) is 16.2. The molecular weight excluding hydrogens is 1690 g/mol. The molecule has 141 heavy (non-hydrogen) atoms. The molecule has 0 atom stereocenters. The minimum Gasteiger partial charge on any atom is -0.103 e. The first-order valence-electron chi connectivity index (χ1n) is 63.4. The van der Waals surface area contributed by atoms with Crippen molar-refractivity contribution in [2.75, 3.05) is 0 Å². The van der Waals surface area contributed by atoms with Gasteiger partial charge in [-0.3, -0.25) is 0 Å². The van der Waals surface area contributed by atoms with Crippen LogP contribution in [0.15, 0.2) is 195 Å². The van der Waals surface area contributed by atoms with Gasteiger partial charge in [0.05, 0.1) is 0 Å². The first-order valence-corrected chi connectivity index (χ1v) is 63.4. The molecule has 814 valence electrons. The molecule has 0 bridgehead atoms. The van der Waals surface area contributed by atoms with Crippen molar-refractivity contribution in [3.8, 4) is 0 Å². The van der Waals surface area contributed by atoms with Crippen LogP contribution in [0.5, 0.6) is 0 Å². The molecule has 0 heterocycles. The predicted octanol–water partition coefficient (Wildman–Crippen LogP) is 49.1. The zero-order chi connectivity index (χ0) is 102. The molecule has 8 fully saturated rings. The lowest BCUT2D eigenvalue weighted by atomic mass is 9.78. The normalized spacial score (nSPS) is 25.4. The van der Waals surface area contributed by atoms with Gasteiger partial charge in [0.2, 0.25) is 0 Å². The quantitative estimate of drug-likeness (QED) is 0.0421. The maximum absolute atomic E-state index is 3.80. The van der Waals surface area contributed by atoms with Gasteiger partial charge < -0.3 is 0 Å². The van der Waals surface area contributed by atoms with Gasteiger partial charge in [-0.05, 0) is 427 Å². The van der Waals surface area contributed by atoms with E-state index in [1.54, 1.807) is 0 Å². The number of hydrogen-bond donors (Lipinski definition) is 0. The van der Waals surface area contributed by atoms with Crippen molar-refractivity contribution >= 4 is 0 Å². The van der Waals surface area contributed by atoms with Gasteiger partial charge in [0.1, 0.15) is 0 Å². The number of rotatable bonds is 62. The van der Waals surface area contributed by atoms with Crippen molar-refractivity contribution in [2.24, 2.45) is 94.7 Å². The van der Waals surface area contributed by atoms with Crippen LogP contribution in [0.4, 0.5) is 0 Å². The van der Waals surface area contributed by atoms with E-state index in [-0.39, 0.29) is 0 Å². The summed E-state index contributed by atoms with van der Waals surface area (Å²) in [4.78, 5) is 0. The first kappa shape index (κ1) is 135. The third kappa shape index (κ3) is 85.4. The van der Waals surface area contributed by atoms with Crippen LogP contribution >= 0.6 is 0 Å². The molecule has 0 aromatic heterocycles. The zero-order valence-corrected chi connectivity index (χ0v) is 98.0. The van der Waals surface area contributed by atoms with Gasteiger partial charge in [-0.1, -0.05) is 461 Å². The largest absolute Gasteiger partial charge is 0.103 e. The minimum atomic E-state index is 0.892. The van der Waals surface area contributed by atoms with Crippen molar-refractivity contribution in [3.05, 3.63) is 195 Å². The Kier molecular flexibility index (Phi) is 101. The van der Waals surface area contributed by atoms with Gasteiger partial charge >= 0.3 is 0 Å². The lowest BCUT2D eigenvalue weighted by molar-refractivity contribution is 0.255. The molecule has 0 aromatic carbocycles. The highest BCUT2D eigenvalue weighted by molar-refractivity contribution is 4.95. The fraction of sp³-hybridized carbons (Fsp3) is 0.773. The van der Waals surface area contributed by atoms with Gasteiger partial charge in [-0.15, -0.1) is 6.58 Å². The number of hydrogen-bond acceptors (Lipinski definition) is 0. The number of allylic oxidation sites excluding steroid dienone is 31. The topological polar surface area (TPSA) is 0 Å². The number of unbranched alkanes of at least 4 members (excludes halogenated alkanes) is 10. The molecule has 8 aliphatic rings. The maximum Gasteiger partial charge on any atom is -0.0233 e. The summed E-state index contributed by atoms with van der Waals surface area (Å²) < 4.78 is 0. The van der Waals surface area contributed by atoms with Gasteiger partial charge in [0.25, 0.3) is 0 Å². The summed E-state index contributed by atoms with van der Waals surface area (Å²) in [6, 6.07) is 0. The molecule has 0 heteroatoms. The summed E-state index contributed by atoms with van der Waals surface area (Å²) >= 11 is 0. The van der Waals surface area contributed by atoms with Crippen molar-refractivity contribution in [1.82, 2.24) is 0 Å². The van der Waals surface area contributed by atoms with E-state index in [1.165, 1.54) is 501 Å². The predicted molar refractivity (Wildman–Crippen MR) is 648 cm³/mol. The summed E-state index contributed by atoms with van der Waals surface area (Å²) in [6.07, 6.45) is 181. The second-order valence-corrected chi connectivity index (χ2v) is 45.9. The lowest BCUT2D eigenvalue weighted by Crippen LogP contribution is -2.14. The molecule has 0 radical (unpaired) electrons. The summed E-state index contributed by atoms with van der Waals surface area (Å²) in [5, 5.41) is 0. The van der Waals surface area contributed by atoms with E-state index in [2.05, 4.69) is 299 Å². The SMILES string of the molecule is C/C=C/CCC1CCC(/C=C/CC)CC1.C/C=C/CCC1CCC(CC/C=C/C)CC1.C/C=C/CCC1CCC(CC/C=C/CC)CC1.C/C=C/CCC1CCC(CC/C=C/CCC)CC1.C/C=C/CCC1CCC(CC/C=C/CCCC)CC1.C/C=C/CCC1CCC(CC/C=C/CCCCC)CC1.C/C=C/CCC1CCC(CC/C=C/CCCCCC)CC1.C=CCCC1CCC(CC/C=C/C)CC1. The van der Waals surface area contributed by atoms with Crippen LogP contribution in [0.25, 0.3) is 0 Å². The zero-order valence-electron chi connectivity index (χ0n) is 98.0. The van der Waals surface area contributed by atoms with Gasteiger partial charge in [0.15, 0.2) is 0 Å². The molecule has 0 unspecified atom stereocenters. The Morgan fingerprint density at radius 3 is 0.504 bits per heavy atom. The lowest BCUT2D eigenvalue weighted by Gasteiger charge is -2.28. The van der Waals surface area contributed by atoms with Crippen LogP contribution in [-0.2, 0) is 0 Å². The summed E-state index contributed by atoms with van der Waals surface area (Å²) in [6.45, 7) is 36.4. The van der Waals surface area contributed by atoms with Crippen LogP contribution in [0.3, 0.4) is 0 Å². The molecular formula is C141H250. The van der Waals surface area contributed by atoms with Crippen molar-refractivity contribution < 1.29 is 0 Å². The summed E-state index contributed by atoms with van der Waals surface area (Å²) in [7, 11) is 0. The standard InChI is InChI=1S/C21H38.C20H36.C19H34.C18H32.C17H30.C16H28.2C15H26/c1-3-5-7-8-9-10-11-13-15-21-18-16-20(17-19-21)14-12-6-4-2;1-3-5-7-8-9-10-12-14-20-17-15-19(16-18-20)13-11-6-4-2;1-3-5-7-8-9-11-13-19-16-14-18(15-17-19)12-10-6-4-2;1-3-5-7-8-10-12-18-15-13-17(14-16-18)11-9-6-4-2;1-3-5-7-9-11-17-14-12-16(13-15-17)10-8-6-4-2;1-3-5-7-9-15-11-13-16(14-12-15)10-8-6-4-2;2*1-3-5-7-9-15-12-10-14(11-13-15)8-6-4-2/h4,6,10-11,20-21H,3,5,7-9,12-19H2,1-2H3;4,6,9-10,19-20H,3,5,7-8,11-18H2,1-2H3;4,6,8-9,18-19H,3,5,7,10-17H2,1-2H3;4,6-8,17-18H,3,5,9-16H2,1-2H3;4-7,16-17H,3,8-15H2,1-2H3;3-6,15-16H,7-14H2,1-2H3;3,5-6,8,14-15H,4,7,9-13H2,1-2H3;3-5,14-15H,2,6-13H2,1H3/b6-4+,11-10+;6-4+,10-9+;6-4+,9-8+;6-4+,8-7+;6-4+,7-5+;5-3+,6-4+;5-3+,8-6+;5-3+. The second-order valence-electron chi connectivity index (χ2n) is 45.9. The molecule has 0 N–H and O–H groups in total. The van der Waals surface area contributed by atoms with Crippen LogP contribution < -0.4 is 0 Å². The maximum atomic E-state index is 3.80. The molecule has 8 saturated carbocycles. The highest BCUT2D eigenvalue weighted by Gasteiger charge is 2.27. The Bertz CT molecular complexity index is 2980. The molecule has 0 amide bonds. The average Bonchev–Trinajstić information content (AvgIpc) is 0.954. The van der Waals surface area contributed by atoms with E-state index in [9.17, 15) is 0 Å².